The van der Waals surface area contributed by atoms with Crippen LogP contribution in [0.4, 0.5) is 5.69 Å². The lowest BCUT2D eigenvalue weighted by Crippen LogP contribution is -2.21. The molecule has 0 aliphatic heterocycles. The molecule has 0 bridgehead atoms. The molecule has 1 fully saturated rings. The first-order valence-corrected chi connectivity index (χ1v) is 6.65. The lowest BCUT2D eigenvalue weighted by Gasteiger charge is -2.08. The predicted octanol–water partition coefficient (Wildman–Crippen LogP) is 3.13. The Kier molecular flexibility index (Phi) is 4.32. The lowest BCUT2D eigenvalue weighted by molar-refractivity contribution is -0.148. The monoisotopic (exact) mass is 301 g/mol. The molecule has 1 aliphatic carbocycles. The Bertz CT molecular complexity index is 519. The fraction of sp³-hybridized carbons (Fsp3) is 0.385. The summed E-state index contributed by atoms with van der Waals surface area (Å²) in [5, 5.41) is 3.16. The standard InChI is InChI=1S/C13H13Cl2NO3/c1-7-5-8(7)13(18)19-6-11(17)16-10-4-2-3-9(14)12(10)15/h2-4,7-8H,5-6H2,1H3,(H,16,17)/t7-,8+/m0/s1. The Morgan fingerprint density at radius 1 is 1.42 bits per heavy atom. The minimum atomic E-state index is -0.439. The molecule has 2 rings (SSSR count). The van der Waals surface area contributed by atoms with Gasteiger partial charge < -0.3 is 10.1 Å². The van der Waals surface area contributed by atoms with Crippen LogP contribution >= 0.6 is 23.2 Å². The molecule has 0 heterocycles. The summed E-state index contributed by atoms with van der Waals surface area (Å²) in [6, 6.07) is 4.91. The molecule has 1 aliphatic rings. The minimum absolute atomic E-state index is 0.0532. The van der Waals surface area contributed by atoms with Crippen LogP contribution in [-0.4, -0.2) is 18.5 Å². The molecule has 0 radical (unpaired) electrons. The van der Waals surface area contributed by atoms with Crippen molar-refractivity contribution in [3.63, 3.8) is 0 Å². The molecule has 1 aromatic rings. The van der Waals surface area contributed by atoms with E-state index in [0.29, 0.717) is 16.6 Å². The van der Waals surface area contributed by atoms with Gasteiger partial charge in [0.25, 0.3) is 5.91 Å². The summed E-state index contributed by atoms with van der Waals surface area (Å²) in [6.07, 6.45) is 0.834. The summed E-state index contributed by atoms with van der Waals surface area (Å²) < 4.78 is 4.91. The Morgan fingerprint density at radius 3 is 2.74 bits per heavy atom. The van der Waals surface area contributed by atoms with Gasteiger partial charge in [-0.15, -0.1) is 0 Å². The first kappa shape index (κ1) is 14.2. The first-order chi connectivity index (χ1) is 8.99. The van der Waals surface area contributed by atoms with Crippen molar-refractivity contribution < 1.29 is 14.3 Å². The minimum Gasteiger partial charge on any atom is -0.455 e. The van der Waals surface area contributed by atoms with E-state index in [2.05, 4.69) is 5.32 Å². The van der Waals surface area contributed by atoms with Crippen molar-refractivity contribution in [2.45, 2.75) is 13.3 Å². The fourth-order valence-corrected chi connectivity index (χ4v) is 2.03. The molecule has 6 heteroatoms. The average Bonchev–Trinajstić information content (AvgIpc) is 3.09. The van der Waals surface area contributed by atoms with E-state index in [-0.39, 0.29) is 23.5 Å². The summed E-state index contributed by atoms with van der Waals surface area (Å²) in [4.78, 5) is 23.1. The third-order valence-corrected chi connectivity index (χ3v) is 3.80. The molecule has 4 nitrogen and oxygen atoms in total. The molecule has 19 heavy (non-hydrogen) atoms. The zero-order valence-electron chi connectivity index (χ0n) is 10.3. The highest BCUT2D eigenvalue weighted by Crippen LogP contribution is 2.38. The maximum Gasteiger partial charge on any atom is 0.309 e. The highest BCUT2D eigenvalue weighted by atomic mass is 35.5. The van der Waals surface area contributed by atoms with Gasteiger partial charge in [-0.3, -0.25) is 9.59 Å². The van der Waals surface area contributed by atoms with E-state index in [1.807, 2.05) is 6.92 Å². The van der Waals surface area contributed by atoms with Gasteiger partial charge in [0.2, 0.25) is 0 Å². The summed E-state index contributed by atoms with van der Waals surface area (Å²) >= 11 is 11.7. The van der Waals surface area contributed by atoms with Crippen LogP contribution in [0.5, 0.6) is 0 Å². The quantitative estimate of drug-likeness (QED) is 0.869. The van der Waals surface area contributed by atoms with E-state index in [4.69, 9.17) is 27.9 Å². The second-order valence-corrected chi connectivity index (χ2v) is 5.36. The number of carbonyl (C=O) groups is 2. The van der Waals surface area contributed by atoms with Gasteiger partial charge in [-0.1, -0.05) is 36.2 Å². The van der Waals surface area contributed by atoms with E-state index in [1.165, 1.54) is 0 Å². The maximum atomic E-state index is 11.6. The Balaban J connectivity index is 1.84. The second kappa shape index (κ2) is 5.80. The van der Waals surface area contributed by atoms with E-state index in [9.17, 15) is 9.59 Å². The molecule has 0 spiro atoms. The summed E-state index contributed by atoms with van der Waals surface area (Å²) in [5.41, 5.74) is 0.398. The topological polar surface area (TPSA) is 55.4 Å². The highest BCUT2D eigenvalue weighted by molar-refractivity contribution is 6.43. The van der Waals surface area contributed by atoms with Crippen LogP contribution in [0.2, 0.25) is 10.0 Å². The summed E-state index contributed by atoms with van der Waals surface area (Å²) in [7, 11) is 0. The van der Waals surface area contributed by atoms with E-state index >= 15 is 0 Å². The van der Waals surface area contributed by atoms with E-state index < -0.39 is 5.91 Å². The maximum absolute atomic E-state index is 11.6. The molecule has 1 saturated carbocycles. The number of halogens is 2. The van der Waals surface area contributed by atoms with Crippen LogP contribution in [0, 0.1) is 11.8 Å². The number of nitrogens with one attached hydrogen (secondary N) is 1. The number of amides is 1. The zero-order chi connectivity index (χ0) is 14.0. The van der Waals surface area contributed by atoms with Crippen molar-refractivity contribution in [1.29, 1.82) is 0 Å². The van der Waals surface area contributed by atoms with Crippen molar-refractivity contribution in [3.8, 4) is 0 Å². The van der Waals surface area contributed by atoms with Crippen LogP contribution in [0.1, 0.15) is 13.3 Å². The number of hydrogen-bond donors (Lipinski definition) is 1. The van der Waals surface area contributed by atoms with Crippen LogP contribution < -0.4 is 5.32 Å². The van der Waals surface area contributed by atoms with Crippen LogP contribution in [0.25, 0.3) is 0 Å². The molecule has 0 saturated heterocycles. The molecule has 0 unspecified atom stereocenters. The third-order valence-electron chi connectivity index (χ3n) is 2.98. The van der Waals surface area contributed by atoms with Gasteiger partial charge in [-0.2, -0.15) is 0 Å². The van der Waals surface area contributed by atoms with E-state index in [0.717, 1.165) is 6.42 Å². The molecular weight excluding hydrogens is 289 g/mol. The number of benzene rings is 1. The van der Waals surface area contributed by atoms with Crippen LogP contribution in [-0.2, 0) is 14.3 Å². The molecule has 1 amide bonds. The van der Waals surface area contributed by atoms with Gasteiger partial charge in [-0.05, 0) is 24.5 Å². The zero-order valence-corrected chi connectivity index (χ0v) is 11.8. The smallest absolute Gasteiger partial charge is 0.309 e. The lowest BCUT2D eigenvalue weighted by atomic mass is 10.3. The normalized spacial score (nSPS) is 20.8. The number of ether oxygens (including phenoxy) is 1. The van der Waals surface area contributed by atoms with Gasteiger partial charge >= 0.3 is 5.97 Å². The van der Waals surface area contributed by atoms with Gasteiger partial charge in [0.15, 0.2) is 6.61 Å². The highest BCUT2D eigenvalue weighted by Gasteiger charge is 2.40. The van der Waals surface area contributed by atoms with E-state index in [1.54, 1.807) is 18.2 Å². The number of carbonyl (C=O) groups excluding carboxylic acids is 2. The van der Waals surface area contributed by atoms with Gasteiger partial charge in [0, 0.05) is 0 Å². The average molecular weight is 302 g/mol. The second-order valence-electron chi connectivity index (χ2n) is 4.58. The van der Waals surface area contributed by atoms with Crippen LogP contribution in [0.15, 0.2) is 18.2 Å². The van der Waals surface area contributed by atoms with Crippen molar-refractivity contribution in [2.24, 2.45) is 11.8 Å². The molecule has 0 aromatic heterocycles. The summed E-state index contributed by atoms with van der Waals surface area (Å²) in [5.74, 6) is -0.453. The Morgan fingerprint density at radius 2 is 2.11 bits per heavy atom. The number of hydrogen-bond acceptors (Lipinski definition) is 3. The van der Waals surface area contributed by atoms with Crippen molar-refractivity contribution in [1.82, 2.24) is 0 Å². The van der Waals surface area contributed by atoms with Crippen LogP contribution in [0.3, 0.4) is 0 Å². The summed E-state index contributed by atoms with van der Waals surface area (Å²) in [6.45, 7) is 1.66. The largest absolute Gasteiger partial charge is 0.455 e. The number of rotatable bonds is 4. The third kappa shape index (κ3) is 3.61. The first-order valence-electron chi connectivity index (χ1n) is 5.89. The Labute approximate surface area is 121 Å². The molecular formula is C13H13Cl2NO3. The molecule has 1 aromatic carbocycles. The van der Waals surface area contributed by atoms with Crippen molar-refractivity contribution in [3.05, 3.63) is 28.2 Å². The van der Waals surface area contributed by atoms with Gasteiger partial charge in [-0.25, -0.2) is 0 Å². The number of esters is 1. The predicted molar refractivity (Wildman–Crippen MR) is 73.3 cm³/mol. The molecule has 2 atom stereocenters. The number of anilines is 1. The Hall–Kier alpha value is -1.26. The molecule has 102 valence electrons. The molecule has 1 N–H and O–H groups in total. The SMILES string of the molecule is C[C@H]1C[C@H]1C(=O)OCC(=O)Nc1cccc(Cl)c1Cl. The van der Waals surface area contributed by atoms with Crippen molar-refractivity contribution >= 4 is 40.8 Å². The van der Waals surface area contributed by atoms with Gasteiger partial charge in [0.05, 0.1) is 21.7 Å². The van der Waals surface area contributed by atoms with Crippen molar-refractivity contribution in [2.75, 3.05) is 11.9 Å². The van der Waals surface area contributed by atoms with Gasteiger partial charge in [0.1, 0.15) is 0 Å². The fourth-order valence-electron chi connectivity index (χ4n) is 1.68.